The summed E-state index contributed by atoms with van der Waals surface area (Å²) in [6, 6.07) is 17.2. The standard InChI is InChI=1S/C19H19N3O3S/c1-3-25-19-12-11-18(20-21-19)15-5-4-6-16(13-15)22-26(23,24)17-9-7-14(2)8-10-17/h4-13,22H,3H2,1-2H3. The number of ether oxygens (including phenoxy) is 1. The van der Waals surface area contributed by atoms with Crippen LogP contribution in [0.5, 0.6) is 5.88 Å². The second-order valence-corrected chi connectivity index (χ2v) is 7.37. The zero-order valence-electron chi connectivity index (χ0n) is 14.5. The van der Waals surface area contributed by atoms with Gasteiger partial charge < -0.3 is 4.74 Å². The highest BCUT2D eigenvalue weighted by molar-refractivity contribution is 7.92. The van der Waals surface area contributed by atoms with Crippen LogP contribution >= 0.6 is 0 Å². The third-order valence-corrected chi connectivity index (χ3v) is 5.07. The van der Waals surface area contributed by atoms with Gasteiger partial charge in [0.2, 0.25) is 5.88 Å². The molecule has 0 spiro atoms. The molecule has 0 saturated heterocycles. The Balaban J connectivity index is 1.84. The predicted molar refractivity (Wildman–Crippen MR) is 101 cm³/mol. The largest absolute Gasteiger partial charge is 0.477 e. The van der Waals surface area contributed by atoms with E-state index in [0.29, 0.717) is 23.9 Å². The van der Waals surface area contributed by atoms with E-state index in [-0.39, 0.29) is 4.90 Å². The Bertz CT molecular complexity index is 985. The summed E-state index contributed by atoms with van der Waals surface area (Å²) < 4.78 is 32.9. The number of rotatable bonds is 6. The quantitative estimate of drug-likeness (QED) is 0.717. The van der Waals surface area contributed by atoms with E-state index in [1.165, 1.54) is 0 Å². The Morgan fingerprint density at radius 1 is 1.00 bits per heavy atom. The first-order chi connectivity index (χ1) is 12.5. The van der Waals surface area contributed by atoms with Crippen molar-refractivity contribution in [2.45, 2.75) is 18.7 Å². The van der Waals surface area contributed by atoms with Crippen molar-refractivity contribution in [3.05, 3.63) is 66.2 Å². The van der Waals surface area contributed by atoms with E-state index in [4.69, 9.17) is 4.74 Å². The second-order valence-electron chi connectivity index (χ2n) is 5.69. The van der Waals surface area contributed by atoms with Gasteiger partial charge in [-0.1, -0.05) is 29.8 Å². The predicted octanol–water partition coefficient (Wildman–Crippen LogP) is 3.65. The summed E-state index contributed by atoms with van der Waals surface area (Å²) in [5.74, 6) is 0.451. The maximum absolute atomic E-state index is 12.5. The Hall–Kier alpha value is -2.93. The molecule has 134 valence electrons. The Kier molecular flexibility index (Phi) is 5.18. The average Bonchev–Trinajstić information content (AvgIpc) is 2.63. The molecule has 1 heterocycles. The molecule has 2 aromatic carbocycles. The molecule has 0 fully saturated rings. The van der Waals surface area contributed by atoms with Crippen molar-refractivity contribution in [3.8, 4) is 17.1 Å². The summed E-state index contributed by atoms with van der Waals surface area (Å²) in [5, 5.41) is 8.11. The minimum absolute atomic E-state index is 0.217. The molecular weight excluding hydrogens is 350 g/mol. The molecule has 1 aromatic heterocycles. The van der Waals surface area contributed by atoms with Crippen LogP contribution in [0.3, 0.4) is 0 Å². The normalized spacial score (nSPS) is 11.2. The fourth-order valence-corrected chi connectivity index (χ4v) is 3.42. The fourth-order valence-electron chi connectivity index (χ4n) is 2.37. The molecule has 6 nitrogen and oxygen atoms in total. The van der Waals surface area contributed by atoms with Crippen LogP contribution in [0.15, 0.2) is 65.6 Å². The maximum Gasteiger partial charge on any atom is 0.261 e. The molecule has 0 aliphatic rings. The number of hydrogen-bond acceptors (Lipinski definition) is 5. The monoisotopic (exact) mass is 369 g/mol. The highest BCUT2D eigenvalue weighted by atomic mass is 32.2. The van der Waals surface area contributed by atoms with Crippen molar-refractivity contribution in [3.63, 3.8) is 0 Å². The van der Waals surface area contributed by atoms with Gasteiger partial charge in [-0.15, -0.1) is 10.2 Å². The first-order valence-electron chi connectivity index (χ1n) is 8.14. The topological polar surface area (TPSA) is 81.2 Å². The number of aryl methyl sites for hydroxylation is 1. The molecule has 0 atom stereocenters. The minimum atomic E-state index is -3.65. The molecule has 0 saturated carbocycles. The van der Waals surface area contributed by atoms with Gasteiger partial charge in [-0.3, -0.25) is 4.72 Å². The van der Waals surface area contributed by atoms with Crippen molar-refractivity contribution in [2.24, 2.45) is 0 Å². The van der Waals surface area contributed by atoms with Crippen molar-refractivity contribution < 1.29 is 13.2 Å². The molecule has 0 unspecified atom stereocenters. The molecule has 26 heavy (non-hydrogen) atoms. The minimum Gasteiger partial charge on any atom is -0.477 e. The van der Waals surface area contributed by atoms with E-state index in [1.54, 1.807) is 54.6 Å². The first-order valence-corrected chi connectivity index (χ1v) is 9.63. The lowest BCUT2D eigenvalue weighted by Crippen LogP contribution is -2.12. The summed E-state index contributed by atoms with van der Waals surface area (Å²) in [5.41, 5.74) is 2.84. The second kappa shape index (κ2) is 7.53. The highest BCUT2D eigenvalue weighted by Crippen LogP contribution is 2.23. The van der Waals surface area contributed by atoms with E-state index in [1.807, 2.05) is 19.9 Å². The third-order valence-electron chi connectivity index (χ3n) is 3.67. The summed E-state index contributed by atoms with van der Waals surface area (Å²) in [4.78, 5) is 0.217. The molecule has 0 radical (unpaired) electrons. The van der Waals surface area contributed by atoms with Crippen molar-refractivity contribution in [2.75, 3.05) is 11.3 Å². The molecule has 3 rings (SSSR count). The first kappa shape index (κ1) is 17.9. The highest BCUT2D eigenvalue weighted by Gasteiger charge is 2.14. The van der Waals surface area contributed by atoms with Gasteiger partial charge in [-0.05, 0) is 44.2 Å². The van der Waals surface area contributed by atoms with Crippen molar-refractivity contribution in [1.82, 2.24) is 10.2 Å². The molecule has 0 aliphatic carbocycles. The van der Waals surface area contributed by atoms with Crippen LogP contribution in [0.1, 0.15) is 12.5 Å². The Morgan fingerprint density at radius 2 is 1.77 bits per heavy atom. The van der Waals surface area contributed by atoms with E-state index in [0.717, 1.165) is 11.1 Å². The third kappa shape index (κ3) is 4.18. The van der Waals surface area contributed by atoms with Gasteiger partial charge >= 0.3 is 0 Å². The molecule has 3 aromatic rings. The SMILES string of the molecule is CCOc1ccc(-c2cccc(NS(=O)(=O)c3ccc(C)cc3)c2)nn1. The van der Waals surface area contributed by atoms with E-state index >= 15 is 0 Å². The number of nitrogens with zero attached hydrogens (tertiary/aromatic N) is 2. The lowest BCUT2D eigenvalue weighted by molar-refractivity contribution is 0.323. The van der Waals surface area contributed by atoms with Gasteiger partial charge in [0.1, 0.15) is 0 Å². The van der Waals surface area contributed by atoms with Crippen LogP contribution in [0.4, 0.5) is 5.69 Å². The molecular formula is C19H19N3O3S. The Labute approximate surface area is 152 Å². The lowest BCUT2D eigenvalue weighted by Gasteiger charge is -2.10. The number of sulfonamides is 1. The zero-order valence-corrected chi connectivity index (χ0v) is 15.3. The van der Waals surface area contributed by atoms with E-state index < -0.39 is 10.0 Å². The molecule has 7 heteroatoms. The van der Waals surface area contributed by atoms with Gasteiger partial charge in [-0.25, -0.2) is 8.42 Å². The van der Waals surface area contributed by atoms with Crippen molar-refractivity contribution in [1.29, 1.82) is 0 Å². The fraction of sp³-hybridized carbons (Fsp3) is 0.158. The van der Waals surface area contributed by atoms with Gasteiger partial charge in [0, 0.05) is 17.3 Å². The van der Waals surface area contributed by atoms with E-state index in [9.17, 15) is 8.42 Å². The number of hydrogen-bond donors (Lipinski definition) is 1. The van der Waals surface area contributed by atoms with Crippen LogP contribution in [-0.4, -0.2) is 25.2 Å². The molecule has 1 N–H and O–H groups in total. The van der Waals surface area contributed by atoms with Gasteiger partial charge in [0.05, 0.1) is 17.2 Å². The smallest absolute Gasteiger partial charge is 0.261 e. The van der Waals surface area contributed by atoms with Crippen molar-refractivity contribution >= 4 is 15.7 Å². The van der Waals surface area contributed by atoms with Gasteiger partial charge in [-0.2, -0.15) is 0 Å². The summed E-state index contributed by atoms with van der Waals surface area (Å²) >= 11 is 0. The zero-order chi connectivity index (χ0) is 18.6. The number of anilines is 1. The van der Waals surface area contributed by atoms with Crippen LogP contribution in [0.25, 0.3) is 11.3 Å². The molecule has 0 aliphatic heterocycles. The van der Waals surface area contributed by atoms with Crippen LogP contribution < -0.4 is 9.46 Å². The number of benzene rings is 2. The van der Waals surface area contributed by atoms with Gasteiger partial charge in [0.25, 0.3) is 10.0 Å². The number of aromatic nitrogens is 2. The summed E-state index contributed by atoms with van der Waals surface area (Å²) in [6.07, 6.45) is 0. The average molecular weight is 369 g/mol. The lowest BCUT2D eigenvalue weighted by atomic mass is 10.1. The van der Waals surface area contributed by atoms with Crippen LogP contribution in [0.2, 0.25) is 0 Å². The van der Waals surface area contributed by atoms with Crippen LogP contribution in [0, 0.1) is 6.92 Å². The van der Waals surface area contributed by atoms with Crippen LogP contribution in [-0.2, 0) is 10.0 Å². The number of nitrogens with one attached hydrogen (secondary N) is 1. The maximum atomic E-state index is 12.5. The molecule has 0 amide bonds. The Morgan fingerprint density at radius 3 is 2.42 bits per heavy atom. The van der Waals surface area contributed by atoms with E-state index in [2.05, 4.69) is 14.9 Å². The summed E-state index contributed by atoms with van der Waals surface area (Å²) in [7, 11) is -3.65. The van der Waals surface area contributed by atoms with Gasteiger partial charge in [0.15, 0.2) is 0 Å². The summed E-state index contributed by atoms with van der Waals surface area (Å²) in [6.45, 7) is 4.30. The molecule has 0 bridgehead atoms.